The molecule has 2 rings (SSSR count). The molecule has 46 valence electrons. The van der Waals surface area contributed by atoms with Crippen molar-refractivity contribution in [2.45, 2.75) is 12.6 Å². The van der Waals surface area contributed by atoms with Crippen LogP contribution < -0.4 is 0 Å². The molecule has 0 amide bonds. The SMILES string of the molecule is C1=CN2C=CCC2N=C1. The number of rotatable bonds is 0. The summed E-state index contributed by atoms with van der Waals surface area (Å²) in [6.45, 7) is 0. The highest BCUT2D eigenvalue weighted by Crippen LogP contribution is 2.16. The third-order valence-electron chi connectivity index (χ3n) is 1.57. The van der Waals surface area contributed by atoms with E-state index in [2.05, 4.69) is 22.2 Å². The summed E-state index contributed by atoms with van der Waals surface area (Å²) in [4.78, 5) is 6.35. The first kappa shape index (κ1) is 4.79. The largest absolute Gasteiger partial charge is 0.332 e. The third-order valence-corrected chi connectivity index (χ3v) is 1.57. The van der Waals surface area contributed by atoms with Gasteiger partial charge >= 0.3 is 0 Å². The Hall–Kier alpha value is -1.05. The molecule has 0 N–H and O–H groups in total. The van der Waals surface area contributed by atoms with Crippen molar-refractivity contribution in [1.29, 1.82) is 0 Å². The minimum absolute atomic E-state index is 0.370. The van der Waals surface area contributed by atoms with E-state index in [1.807, 2.05) is 18.5 Å². The zero-order valence-corrected chi connectivity index (χ0v) is 5.07. The molecule has 0 aromatic carbocycles. The van der Waals surface area contributed by atoms with Crippen LogP contribution in [0.2, 0.25) is 0 Å². The van der Waals surface area contributed by atoms with E-state index in [0.717, 1.165) is 6.42 Å². The van der Waals surface area contributed by atoms with Gasteiger partial charge in [-0.3, -0.25) is 4.99 Å². The Morgan fingerprint density at radius 1 is 1.44 bits per heavy atom. The second-order valence-corrected chi connectivity index (χ2v) is 2.19. The minimum atomic E-state index is 0.370. The van der Waals surface area contributed by atoms with Crippen LogP contribution in [0, 0.1) is 0 Å². The summed E-state index contributed by atoms with van der Waals surface area (Å²) < 4.78 is 0. The van der Waals surface area contributed by atoms with Crippen LogP contribution in [-0.4, -0.2) is 17.3 Å². The van der Waals surface area contributed by atoms with Crippen LogP contribution in [0.5, 0.6) is 0 Å². The molecule has 0 radical (unpaired) electrons. The molecule has 0 saturated heterocycles. The number of hydrogen-bond donors (Lipinski definition) is 0. The molecule has 0 fully saturated rings. The van der Waals surface area contributed by atoms with Gasteiger partial charge in [-0.1, -0.05) is 6.08 Å². The second kappa shape index (κ2) is 1.72. The topological polar surface area (TPSA) is 15.6 Å². The fraction of sp³-hybridized carbons (Fsp3) is 0.286. The van der Waals surface area contributed by atoms with Crippen molar-refractivity contribution < 1.29 is 0 Å². The molecule has 2 nitrogen and oxygen atoms in total. The lowest BCUT2D eigenvalue weighted by Gasteiger charge is -2.19. The van der Waals surface area contributed by atoms with Gasteiger partial charge in [0.1, 0.15) is 6.17 Å². The van der Waals surface area contributed by atoms with Gasteiger partial charge in [0, 0.05) is 25.0 Å². The van der Waals surface area contributed by atoms with Crippen molar-refractivity contribution in [1.82, 2.24) is 4.90 Å². The number of hydrogen-bond acceptors (Lipinski definition) is 2. The maximum absolute atomic E-state index is 4.24. The fourth-order valence-electron chi connectivity index (χ4n) is 1.10. The first-order chi connectivity index (χ1) is 4.47. The van der Waals surface area contributed by atoms with Crippen LogP contribution in [0.3, 0.4) is 0 Å². The Morgan fingerprint density at radius 3 is 3.33 bits per heavy atom. The molecule has 9 heavy (non-hydrogen) atoms. The van der Waals surface area contributed by atoms with Gasteiger partial charge in [-0.05, 0) is 6.08 Å². The molecule has 0 bridgehead atoms. The van der Waals surface area contributed by atoms with Crippen molar-refractivity contribution in [3.8, 4) is 0 Å². The fourth-order valence-corrected chi connectivity index (χ4v) is 1.10. The van der Waals surface area contributed by atoms with E-state index in [1.54, 1.807) is 0 Å². The average Bonchev–Trinajstić information content (AvgIpc) is 2.33. The van der Waals surface area contributed by atoms with E-state index < -0.39 is 0 Å². The van der Waals surface area contributed by atoms with Crippen LogP contribution in [0.1, 0.15) is 6.42 Å². The molecule has 0 aromatic rings. The number of nitrogens with zero attached hydrogens (tertiary/aromatic N) is 2. The summed E-state index contributed by atoms with van der Waals surface area (Å²) in [6, 6.07) is 0. The molecule has 2 aliphatic rings. The summed E-state index contributed by atoms with van der Waals surface area (Å²) >= 11 is 0. The first-order valence-electron chi connectivity index (χ1n) is 3.11. The highest BCUT2D eigenvalue weighted by molar-refractivity contribution is 5.72. The normalized spacial score (nSPS) is 29.3. The van der Waals surface area contributed by atoms with Crippen molar-refractivity contribution in [2.75, 3.05) is 0 Å². The van der Waals surface area contributed by atoms with Gasteiger partial charge in [0.05, 0.1) is 0 Å². The maximum atomic E-state index is 4.24. The molecule has 1 unspecified atom stereocenters. The van der Waals surface area contributed by atoms with Crippen LogP contribution >= 0.6 is 0 Å². The Morgan fingerprint density at radius 2 is 2.44 bits per heavy atom. The quantitative estimate of drug-likeness (QED) is 0.468. The van der Waals surface area contributed by atoms with Gasteiger partial charge < -0.3 is 4.90 Å². The Labute approximate surface area is 54.2 Å². The third kappa shape index (κ3) is 0.669. The van der Waals surface area contributed by atoms with E-state index in [1.165, 1.54) is 0 Å². The Bertz CT molecular complexity index is 191. The van der Waals surface area contributed by atoms with Gasteiger partial charge in [0.25, 0.3) is 0 Å². The molecule has 0 aliphatic carbocycles. The average molecular weight is 120 g/mol. The predicted octanol–water partition coefficient (Wildman–Crippen LogP) is 1.13. The van der Waals surface area contributed by atoms with Crippen molar-refractivity contribution in [3.05, 3.63) is 24.6 Å². The number of aliphatic imine (C=N–C) groups is 1. The van der Waals surface area contributed by atoms with E-state index >= 15 is 0 Å². The molecule has 1 atom stereocenters. The standard InChI is InChI=1S/C7H8N2/c1-3-7-8-4-2-6-9(7)5-1/h1-2,4-7H,3H2. The van der Waals surface area contributed by atoms with E-state index in [9.17, 15) is 0 Å². The molecule has 2 heteroatoms. The molecule has 0 saturated carbocycles. The van der Waals surface area contributed by atoms with Crippen molar-refractivity contribution in [2.24, 2.45) is 4.99 Å². The van der Waals surface area contributed by atoms with Crippen LogP contribution in [0.15, 0.2) is 29.5 Å². The lowest BCUT2D eigenvalue weighted by atomic mass is 10.3. The van der Waals surface area contributed by atoms with Crippen molar-refractivity contribution >= 4 is 6.21 Å². The van der Waals surface area contributed by atoms with Crippen LogP contribution in [0.25, 0.3) is 0 Å². The summed E-state index contributed by atoms with van der Waals surface area (Å²) in [6.07, 6.45) is 11.5. The van der Waals surface area contributed by atoms with E-state index in [-0.39, 0.29) is 0 Å². The summed E-state index contributed by atoms with van der Waals surface area (Å²) in [5.74, 6) is 0. The second-order valence-electron chi connectivity index (χ2n) is 2.19. The van der Waals surface area contributed by atoms with Gasteiger partial charge in [-0.25, -0.2) is 0 Å². The molecular weight excluding hydrogens is 112 g/mol. The van der Waals surface area contributed by atoms with E-state index in [0.29, 0.717) is 6.17 Å². The Balaban J connectivity index is 2.25. The predicted molar refractivity (Wildman–Crippen MR) is 37.0 cm³/mol. The number of fused-ring (bicyclic) bond motifs is 1. The van der Waals surface area contributed by atoms with Crippen LogP contribution in [-0.2, 0) is 0 Å². The van der Waals surface area contributed by atoms with Gasteiger partial charge in [0.2, 0.25) is 0 Å². The molecule has 0 aromatic heterocycles. The zero-order valence-electron chi connectivity index (χ0n) is 5.07. The molecular formula is C7H8N2. The lowest BCUT2D eigenvalue weighted by Crippen LogP contribution is -2.21. The van der Waals surface area contributed by atoms with Gasteiger partial charge in [0.15, 0.2) is 0 Å². The number of allylic oxidation sites excluding steroid dienone is 1. The highest BCUT2D eigenvalue weighted by Gasteiger charge is 2.15. The van der Waals surface area contributed by atoms with E-state index in [4.69, 9.17) is 0 Å². The Kier molecular flexibility index (Phi) is 0.918. The smallest absolute Gasteiger partial charge is 0.127 e. The molecule has 2 heterocycles. The molecule has 2 aliphatic heterocycles. The highest BCUT2D eigenvalue weighted by atomic mass is 15.2. The summed E-state index contributed by atoms with van der Waals surface area (Å²) in [7, 11) is 0. The van der Waals surface area contributed by atoms with Gasteiger partial charge in [-0.15, -0.1) is 0 Å². The van der Waals surface area contributed by atoms with Crippen molar-refractivity contribution in [3.63, 3.8) is 0 Å². The lowest BCUT2D eigenvalue weighted by molar-refractivity contribution is 0.405. The molecule has 0 spiro atoms. The minimum Gasteiger partial charge on any atom is -0.332 e. The monoisotopic (exact) mass is 120 g/mol. The maximum Gasteiger partial charge on any atom is 0.127 e. The van der Waals surface area contributed by atoms with Gasteiger partial charge in [-0.2, -0.15) is 0 Å². The zero-order chi connectivity index (χ0) is 6.10. The first-order valence-corrected chi connectivity index (χ1v) is 3.11. The van der Waals surface area contributed by atoms with Crippen LogP contribution in [0.4, 0.5) is 0 Å². The summed E-state index contributed by atoms with van der Waals surface area (Å²) in [5, 5.41) is 0. The summed E-state index contributed by atoms with van der Waals surface area (Å²) in [5.41, 5.74) is 0.